The van der Waals surface area contributed by atoms with E-state index < -0.39 is 0 Å². The number of hydrogen-bond acceptors (Lipinski definition) is 1. The van der Waals surface area contributed by atoms with Crippen molar-refractivity contribution in [3.63, 3.8) is 0 Å². The van der Waals surface area contributed by atoms with Crippen molar-refractivity contribution in [2.45, 2.75) is 91.4 Å². The Hall–Kier alpha value is -0.530. The van der Waals surface area contributed by atoms with Crippen molar-refractivity contribution < 1.29 is 4.79 Å². The Morgan fingerprint density at radius 3 is 1.67 bits per heavy atom. The summed E-state index contributed by atoms with van der Waals surface area (Å²) in [6.45, 7) is 6.33. The fourth-order valence-corrected chi connectivity index (χ4v) is 2.64. The molecule has 0 aliphatic carbocycles. The summed E-state index contributed by atoms with van der Waals surface area (Å²) in [5.74, 6) is -0.351. The van der Waals surface area contributed by atoms with Crippen LogP contribution in [0.25, 0.3) is 0 Å². The number of hydrogen-bond donors (Lipinski definition) is 0. The van der Waals surface area contributed by atoms with Crippen molar-refractivity contribution in [1.82, 2.24) is 5.73 Å². The second-order valence-corrected chi connectivity index (χ2v) is 5.54. The largest absolute Gasteiger partial charge is 0.273 e. The van der Waals surface area contributed by atoms with Crippen molar-refractivity contribution in [2.24, 2.45) is 5.41 Å². The van der Waals surface area contributed by atoms with E-state index in [-0.39, 0.29) is 11.3 Å². The van der Waals surface area contributed by atoms with Gasteiger partial charge in [0.15, 0.2) is 0 Å². The first-order valence-electron chi connectivity index (χ1n) is 7.89. The van der Waals surface area contributed by atoms with Crippen LogP contribution in [0, 0.1) is 5.41 Å². The summed E-state index contributed by atoms with van der Waals surface area (Å²) < 4.78 is 0. The van der Waals surface area contributed by atoms with Crippen molar-refractivity contribution in [3.8, 4) is 0 Å². The molecule has 18 heavy (non-hydrogen) atoms. The molecule has 0 unspecified atom stereocenters. The Morgan fingerprint density at radius 2 is 1.28 bits per heavy atom. The maximum absolute atomic E-state index is 11.4. The van der Waals surface area contributed by atoms with Gasteiger partial charge in [-0.15, -0.1) is 0 Å². The van der Waals surface area contributed by atoms with Crippen molar-refractivity contribution in [2.75, 3.05) is 0 Å². The maximum Gasteiger partial charge on any atom is 0.244 e. The van der Waals surface area contributed by atoms with E-state index in [9.17, 15) is 4.79 Å². The molecule has 107 valence electrons. The zero-order valence-corrected chi connectivity index (χ0v) is 12.7. The predicted molar refractivity (Wildman–Crippen MR) is 78.3 cm³/mol. The summed E-state index contributed by atoms with van der Waals surface area (Å²) >= 11 is 0. The van der Waals surface area contributed by atoms with Crippen molar-refractivity contribution in [3.05, 3.63) is 0 Å². The third kappa shape index (κ3) is 6.42. The van der Waals surface area contributed by atoms with Crippen LogP contribution in [0.2, 0.25) is 0 Å². The number of carbonyl (C=O) groups excluding carboxylic acids is 1. The van der Waals surface area contributed by atoms with Gasteiger partial charge in [0.25, 0.3) is 0 Å². The third-order valence-corrected chi connectivity index (χ3v) is 4.34. The van der Waals surface area contributed by atoms with E-state index in [0.717, 1.165) is 25.7 Å². The van der Waals surface area contributed by atoms with Crippen LogP contribution >= 0.6 is 0 Å². The van der Waals surface area contributed by atoms with Crippen LogP contribution < -0.4 is 5.73 Å². The minimum atomic E-state index is -0.351. The molecular formula is C16H32NO. The second-order valence-electron chi connectivity index (χ2n) is 5.54. The van der Waals surface area contributed by atoms with Crippen LogP contribution in [-0.4, -0.2) is 5.91 Å². The highest BCUT2D eigenvalue weighted by Crippen LogP contribution is 2.33. The molecule has 0 saturated heterocycles. The van der Waals surface area contributed by atoms with E-state index in [4.69, 9.17) is 5.73 Å². The molecule has 1 N–H and O–H groups in total. The van der Waals surface area contributed by atoms with E-state index in [1.807, 2.05) is 13.8 Å². The summed E-state index contributed by atoms with van der Waals surface area (Å²) in [5, 5.41) is 0. The van der Waals surface area contributed by atoms with Crippen molar-refractivity contribution in [1.29, 1.82) is 0 Å². The monoisotopic (exact) mass is 254 g/mol. The second kappa shape index (κ2) is 10.4. The van der Waals surface area contributed by atoms with Crippen LogP contribution in [0.3, 0.4) is 0 Å². The SMILES string of the molecule is CCCCCCCCCCC(CC)(CC)C([NH])=O. The molecule has 0 atom stereocenters. The Labute approximate surface area is 114 Å². The topological polar surface area (TPSA) is 40.9 Å². The molecule has 0 rings (SSSR count). The average Bonchev–Trinajstić information content (AvgIpc) is 2.37. The molecule has 2 heteroatoms. The number of rotatable bonds is 12. The summed E-state index contributed by atoms with van der Waals surface area (Å²) in [5.41, 5.74) is 7.09. The highest BCUT2D eigenvalue weighted by Gasteiger charge is 2.32. The molecule has 0 heterocycles. The first kappa shape index (κ1) is 17.5. The van der Waals surface area contributed by atoms with Gasteiger partial charge in [-0.1, -0.05) is 72.1 Å². The van der Waals surface area contributed by atoms with E-state index >= 15 is 0 Å². The van der Waals surface area contributed by atoms with Crippen molar-refractivity contribution >= 4 is 5.91 Å². The lowest BCUT2D eigenvalue weighted by molar-refractivity contribution is -0.129. The molecule has 0 aromatic heterocycles. The first-order chi connectivity index (χ1) is 8.63. The molecule has 2 nitrogen and oxygen atoms in total. The Balaban J connectivity index is 3.65. The van der Waals surface area contributed by atoms with Gasteiger partial charge in [0.2, 0.25) is 5.91 Å². The molecular weight excluding hydrogens is 222 g/mol. The molecule has 0 aliphatic heterocycles. The van der Waals surface area contributed by atoms with Crippen LogP contribution in [0.1, 0.15) is 91.4 Å². The maximum atomic E-state index is 11.4. The zero-order valence-electron chi connectivity index (χ0n) is 12.7. The molecule has 0 aromatic carbocycles. The normalized spacial score (nSPS) is 11.7. The molecule has 0 bridgehead atoms. The number of nitrogens with one attached hydrogen (secondary N) is 1. The smallest absolute Gasteiger partial charge is 0.244 e. The van der Waals surface area contributed by atoms with Crippen LogP contribution in [0.4, 0.5) is 0 Å². The summed E-state index contributed by atoms with van der Waals surface area (Å²) in [6, 6.07) is 0. The Kier molecular flexibility index (Phi) is 10.1. The molecule has 0 fully saturated rings. The number of unbranched alkanes of at least 4 members (excludes halogenated alkanes) is 7. The van der Waals surface area contributed by atoms with Gasteiger partial charge in [-0.3, -0.25) is 10.5 Å². The lowest BCUT2D eigenvalue weighted by atomic mass is 9.77. The molecule has 0 saturated carbocycles. The molecule has 0 aromatic rings. The van der Waals surface area contributed by atoms with Gasteiger partial charge in [0, 0.05) is 0 Å². The Morgan fingerprint density at radius 1 is 0.833 bits per heavy atom. The van der Waals surface area contributed by atoms with Crippen LogP contribution in [-0.2, 0) is 4.79 Å². The lowest BCUT2D eigenvalue weighted by Gasteiger charge is -2.27. The number of amides is 1. The molecule has 1 amide bonds. The van der Waals surface area contributed by atoms with Gasteiger partial charge in [-0.05, 0) is 19.3 Å². The molecule has 0 spiro atoms. The van der Waals surface area contributed by atoms with Gasteiger partial charge >= 0.3 is 0 Å². The molecule has 1 radical (unpaired) electrons. The average molecular weight is 254 g/mol. The highest BCUT2D eigenvalue weighted by atomic mass is 16.1. The fourth-order valence-electron chi connectivity index (χ4n) is 2.64. The van der Waals surface area contributed by atoms with Gasteiger partial charge in [-0.2, -0.15) is 0 Å². The standard InChI is InChI=1S/C16H32NO/c1-4-7-8-9-10-11-12-13-14-16(5-2,6-3)15(17)18/h17H,4-14H2,1-3H3. The van der Waals surface area contributed by atoms with Gasteiger partial charge in [-0.25, -0.2) is 0 Å². The highest BCUT2D eigenvalue weighted by molar-refractivity contribution is 5.79. The summed E-state index contributed by atoms with van der Waals surface area (Å²) in [4.78, 5) is 11.4. The van der Waals surface area contributed by atoms with Crippen LogP contribution in [0.5, 0.6) is 0 Å². The quantitative estimate of drug-likeness (QED) is 0.445. The minimum absolute atomic E-state index is 0.345. The van der Waals surface area contributed by atoms with E-state index in [0.29, 0.717) is 0 Å². The predicted octanol–water partition coefficient (Wildman–Crippen LogP) is 5.13. The van der Waals surface area contributed by atoms with E-state index in [1.165, 1.54) is 44.9 Å². The minimum Gasteiger partial charge on any atom is -0.273 e. The molecule has 0 aliphatic rings. The lowest BCUT2D eigenvalue weighted by Crippen LogP contribution is -2.30. The van der Waals surface area contributed by atoms with Crippen LogP contribution in [0.15, 0.2) is 0 Å². The first-order valence-corrected chi connectivity index (χ1v) is 7.89. The summed E-state index contributed by atoms with van der Waals surface area (Å²) in [6.07, 6.45) is 12.9. The van der Waals surface area contributed by atoms with E-state index in [1.54, 1.807) is 0 Å². The van der Waals surface area contributed by atoms with Gasteiger partial charge in [0.05, 0.1) is 5.41 Å². The summed E-state index contributed by atoms with van der Waals surface area (Å²) in [7, 11) is 0. The number of carbonyl (C=O) groups is 1. The Bertz CT molecular complexity index is 209. The zero-order chi connectivity index (χ0) is 13.9. The fraction of sp³-hybridized carbons (Fsp3) is 0.938. The third-order valence-electron chi connectivity index (χ3n) is 4.34. The van der Waals surface area contributed by atoms with Gasteiger partial charge in [0.1, 0.15) is 0 Å². The van der Waals surface area contributed by atoms with E-state index in [2.05, 4.69) is 6.92 Å². The van der Waals surface area contributed by atoms with Gasteiger partial charge < -0.3 is 0 Å².